The Morgan fingerprint density at radius 1 is 1.07 bits per heavy atom. The Balaban J connectivity index is 1.55. The molecule has 5 heteroatoms. The van der Waals surface area contributed by atoms with Gasteiger partial charge in [0, 0.05) is 23.5 Å². The minimum absolute atomic E-state index is 0.107. The maximum Gasteiger partial charge on any atom is 0.267 e. The summed E-state index contributed by atoms with van der Waals surface area (Å²) in [5.41, 5.74) is 2.61. The minimum Gasteiger partial charge on any atom is -0.494 e. The van der Waals surface area contributed by atoms with Crippen LogP contribution in [0.25, 0.3) is 10.9 Å². The fraction of sp³-hybridized carbons (Fsp3) is 0.318. The summed E-state index contributed by atoms with van der Waals surface area (Å²) in [4.78, 5) is 15.6. The fourth-order valence-corrected chi connectivity index (χ4v) is 2.91. The fourth-order valence-electron chi connectivity index (χ4n) is 2.91. The van der Waals surface area contributed by atoms with Crippen molar-refractivity contribution >= 4 is 16.8 Å². The molecule has 3 aromatic rings. The molecule has 27 heavy (non-hydrogen) atoms. The van der Waals surface area contributed by atoms with E-state index in [0.717, 1.165) is 34.4 Å². The Morgan fingerprint density at radius 2 is 1.81 bits per heavy atom. The van der Waals surface area contributed by atoms with E-state index < -0.39 is 0 Å². The second kappa shape index (κ2) is 8.62. The van der Waals surface area contributed by atoms with Gasteiger partial charge in [0.1, 0.15) is 17.2 Å². The van der Waals surface area contributed by atoms with Crippen molar-refractivity contribution in [3.63, 3.8) is 0 Å². The van der Waals surface area contributed by atoms with E-state index >= 15 is 0 Å². The molecule has 0 aliphatic heterocycles. The van der Waals surface area contributed by atoms with Crippen molar-refractivity contribution in [1.82, 2.24) is 10.3 Å². The van der Waals surface area contributed by atoms with Crippen LogP contribution in [0.2, 0.25) is 0 Å². The SMILES string of the molecule is CCOc1ccc2cc(C(=O)NCCc3ccc(OC(C)C)cc3)[nH]c2c1. The molecule has 0 aliphatic rings. The van der Waals surface area contributed by atoms with Crippen LogP contribution in [0.3, 0.4) is 0 Å². The van der Waals surface area contributed by atoms with Gasteiger partial charge in [-0.25, -0.2) is 0 Å². The quantitative estimate of drug-likeness (QED) is 0.624. The highest BCUT2D eigenvalue weighted by atomic mass is 16.5. The second-order valence-electron chi connectivity index (χ2n) is 6.68. The molecule has 2 N–H and O–H groups in total. The summed E-state index contributed by atoms with van der Waals surface area (Å²) in [5.74, 6) is 1.55. The average Bonchev–Trinajstić information content (AvgIpc) is 3.06. The van der Waals surface area contributed by atoms with Gasteiger partial charge in [-0.3, -0.25) is 4.79 Å². The van der Waals surface area contributed by atoms with Gasteiger partial charge < -0.3 is 19.8 Å². The Hall–Kier alpha value is -2.95. The lowest BCUT2D eigenvalue weighted by molar-refractivity contribution is 0.0950. The van der Waals surface area contributed by atoms with Gasteiger partial charge in [-0.1, -0.05) is 12.1 Å². The molecule has 142 valence electrons. The lowest BCUT2D eigenvalue weighted by Crippen LogP contribution is -2.25. The summed E-state index contributed by atoms with van der Waals surface area (Å²) in [6.07, 6.45) is 0.929. The second-order valence-corrected chi connectivity index (χ2v) is 6.68. The third kappa shape index (κ3) is 5.03. The highest BCUT2D eigenvalue weighted by Crippen LogP contribution is 2.21. The van der Waals surface area contributed by atoms with E-state index in [1.54, 1.807) is 0 Å². The monoisotopic (exact) mass is 366 g/mol. The summed E-state index contributed by atoms with van der Waals surface area (Å²) in [7, 11) is 0. The number of aromatic nitrogens is 1. The molecule has 5 nitrogen and oxygen atoms in total. The Kier molecular flexibility index (Phi) is 6.01. The van der Waals surface area contributed by atoms with E-state index in [2.05, 4.69) is 10.3 Å². The molecule has 0 aliphatic carbocycles. The molecule has 1 heterocycles. The van der Waals surface area contributed by atoms with Crippen molar-refractivity contribution in [2.45, 2.75) is 33.3 Å². The van der Waals surface area contributed by atoms with Crippen molar-refractivity contribution in [2.24, 2.45) is 0 Å². The number of ether oxygens (including phenoxy) is 2. The number of fused-ring (bicyclic) bond motifs is 1. The number of benzene rings is 2. The Labute approximate surface area is 159 Å². The van der Waals surface area contributed by atoms with Crippen LogP contribution in [0.1, 0.15) is 36.8 Å². The number of H-pyrrole nitrogens is 1. The highest BCUT2D eigenvalue weighted by molar-refractivity contribution is 5.98. The first kappa shape index (κ1) is 18.8. The van der Waals surface area contributed by atoms with Crippen molar-refractivity contribution in [1.29, 1.82) is 0 Å². The van der Waals surface area contributed by atoms with Crippen LogP contribution < -0.4 is 14.8 Å². The molecule has 1 amide bonds. The maximum absolute atomic E-state index is 12.4. The number of hydrogen-bond donors (Lipinski definition) is 2. The first-order valence-corrected chi connectivity index (χ1v) is 9.34. The normalized spacial score (nSPS) is 11.0. The van der Waals surface area contributed by atoms with E-state index in [1.807, 2.05) is 69.3 Å². The van der Waals surface area contributed by atoms with Gasteiger partial charge in [-0.2, -0.15) is 0 Å². The Morgan fingerprint density at radius 3 is 2.52 bits per heavy atom. The number of carbonyl (C=O) groups is 1. The zero-order valence-electron chi connectivity index (χ0n) is 16.0. The smallest absolute Gasteiger partial charge is 0.267 e. The number of aromatic amines is 1. The van der Waals surface area contributed by atoms with E-state index in [9.17, 15) is 4.79 Å². The number of nitrogens with one attached hydrogen (secondary N) is 2. The van der Waals surface area contributed by atoms with Crippen LogP contribution in [-0.4, -0.2) is 30.1 Å². The maximum atomic E-state index is 12.4. The first-order chi connectivity index (χ1) is 13.0. The van der Waals surface area contributed by atoms with Crippen LogP contribution in [0, 0.1) is 0 Å². The lowest BCUT2D eigenvalue weighted by Gasteiger charge is -2.10. The molecular formula is C22H26N2O3. The third-order valence-corrected chi connectivity index (χ3v) is 4.14. The number of rotatable bonds is 8. The van der Waals surface area contributed by atoms with Crippen LogP contribution in [0.5, 0.6) is 11.5 Å². The number of carbonyl (C=O) groups excluding carboxylic acids is 1. The molecule has 0 saturated heterocycles. The molecule has 0 unspecified atom stereocenters. The van der Waals surface area contributed by atoms with E-state index in [1.165, 1.54) is 0 Å². The van der Waals surface area contributed by atoms with Crippen molar-refractivity contribution < 1.29 is 14.3 Å². The molecule has 0 bridgehead atoms. The van der Waals surface area contributed by atoms with Gasteiger partial charge in [0.05, 0.1) is 12.7 Å². The van der Waals surface area contributed by atoms with Gasteiger partial charge in [-0.15, -0.1) is 0 Å². The molecular weight excluding hydrogens is 340 g/mol. The highest BCUT2D eigenvalue weighted by Gasteiger charge is 2.10. The molecule has 0 radical (unpaired) electrons. The molecule has 0 spiro atoms. The van der Waals surface area contributed by atoms with E-state index in [4.69, 9.17) is 9.47 Å². The zero-order valence-corrected chi connectivity index (χ0v) is 16.0. The van der Waals surface area contributed by atoms with Crippen molar-refractivity contribution in [3.05, 3.63) is 59.8 Å². The van der Waals surface area contributed by atoms with E-state index in [-0.39, 0.29) is 12.0 Å². The topological polar surface area (TPSA) is 63.4 Å². The summed E-state index contributed by atoms with van der Waals surface area (Å²) >= 11 is 0. The molecule has 0 fully saturated rings. The molecule has 3 rings (SSSR count). The number of hydrogen-bond acceptors (Lipinski definition) is 3. The molecule has 2 aromatic carbocycles. The molecule has 0 saturated carbocycles. The third-order valence-electron chi connectivity index (χ3n) is 4.14. The summed E-state index contributed by atoms with van der Waals surface area (Å²) < 4.78 is 11.1. The van der Waals surface area contributed by atoms with Gasteiger partial charge in [0.2, 0.25) is 0 Å². The average molecular weight is 366 g/mol. The van der Waals surface area contributed by atoms with Crippen LogP contribution in [0.4, 0.5) is 0 Å². The summed E-state index contributed by atoms with van der Waals surface area (Å²) in [6, 6.07) is 15.6. The molecule has 1 aromatic heterocycles. The standard InChI is InChI=1S/C22H26N2O3/c1-4-26-19-10-7-17-13-21(24-20(17)14-19)22(25)23-12-11-16-5-8-18(9-6-16)27-15(2)3/h5-10,13-15,24H,4,11-12H2,1-3H3,(H,23,25). The van der Waals surface area contributed by atoms with Gasteiger partial charge in [0.15, 0.2) is 0 Å². The van der Waals surface area contributed by atoms with Crippen LogP contribution in [0.15, 0.2) is 48.5 Å². The van der Waals surface area contributed by atoms with Crippen LogP contribution in [-0.2, 0) is 6.42 Å². The van der Waals surface area contributed by atoms with Gasteiger partial charge in [0.25, 0.3) is 5.91 Å². The largest absolute Gasteiger partial charge is 0.494 e. The predicted octanol–water partition coefficient (Wildman–Crippen LogP) is 4.33. The molecule has 0 atom stereocenters. The summed E-state index contributed by atoms with van der Waals surface area (Å²) in [6.45, 7) is 7.14. The van der Waals surface area contributed by atoms with E-state index in [0.29, 0.717) is 18.8 Å². The predicted molar refractivity (Wildman–Crippen MR) is 108 cm³/mol. The van der Waals surface area contributed by atoms with Crippen molar-refractivity contribution in [2.75, 3.05) is 13.2 Å². The first-order valence-electron chi connectivity index (χ1n) is 9.34. The summed E-state index contributed by atoms with van der Waals surface area (Å²) in [5, 5.41) is 3.95. The minimum atomic E-state index is -0.107. The zero-order chi connectivity index (χ0) is 19.2. The Bertz CT molecular complexity index is 898. The van der Waals surface area contributed by atoms with Gasteiger partial charge >= 0.3 is 0 Å². The van der Waals surface area contributed by atoms with Crippen LogP contribution >= 0.6 is 0 Å². The lowest BCUT2D eigenvalue weighted by atomic mass is 10.1. The van der Waals surface area contributed by atoms with Crippen molar-refractivity contribution in [3.8, 4) is 11.5 Å². The van der Waals surface area contributed by atoms with Gasteiger partial charge in [-0.05, 0) is 63.1 Å². The number of amides is 1.